The highest BCUT2D eigenvalue weighted by molar-refractivity contribution is 8.00. The number of nitro groups is 1. The number of anilines is 1. The molecule has 28 heavy (non-hydrogen) atoms. The molecule has 3 rings (SSSR count). The van der Waals surface area contributed by atoms with Crippen molar-refractivity contribution < 1.29 is 14.5 Å². The highest BCUT2D eigenvalue weighted by Crippen LogP contribution is 2.27. The maximum absolute atomic E-state index is 12.4. The molecular weight excluding hydrogens is 376 g/mol. The monoisotopic (exact) mass is 398 g/mol. The van der Waals surface area contributed by atoms with E-state index in [1.807, 2.05) is 24.3 Å². The van der Waals surface area contributed by atoms with Gasteiger partial charge >= 0.3 is 0 Å². The number of rotatable bonds is 7. The summed E-state index contributed by atoms with van der Waals surface area (Å²) in [5, 5.41) is 13.8. The number of Topliss-reactive ketones (excluding diaryl/α,β-unsaturated/α-hetero) is 1. The van der Waals surface area contributed by atoms with Crippen molar-refractivity contribution in [3.8, 4) is 0 Å². The lowest BCUT2D eigenvalue weighted by atomic mass is 9.88. The molecule has 0 atom stereocenters. The first-order valence-electron chi connectivity index (χ1n) is 9.34. The number of hydrogen-bond acceptors (Lipinski definition) is 5. The molecule has 2 aromatic rings. The van der Waals surface area contributed by atoms with E-state index in [2.05, 4.69) is 5.32 Å². The van der Waals surface area contributed by atoms with E-state index in [0.717, 1.165) is 36.3 Å². The van der Waals surface area contributed by atoms with Crippen molar-refractivity contribution in [1.29, 1.82) is 0 Å². The second kappa shape index (κ2) is 9.50. The second-order valence-electron chi connectivity index (χ2n) is 6.87. The molecule has 6 nitrogen and oxygen atoms in total. The SMILES string of the molecule is O=C(CSc1cccc(NC(=O)C2CCCCC2)c1)c1cccc([N+](=O)[O-])c1. The van der Waals surface area contributed by atoms with Gasteiger partial charge in [-0.15, -0.1) is 11.8 Å². The van der Waals surface area contributed by atoms with Crippen molar-refractivity contribution in [3.63, 3.8) is 0 Å². The largest absolute Gasteiger partial charge is 0.326 e. The van der Waals surface area contributed by atoms with Crippen LogP contribution in [0.25, 0.3) is 0 Å². The molecule has 1 N–H and O–H groups in total. The van der Waals surface area contributed by atoms with Crippen LogP contribution in [0.2, 0.25) is 0 Å². The van der Waals surface area contributed by atoms with Crippen molar-refractivity contribution in [3.05, 3.63) is 64.2 Å². The number of benzene rings is 2. The summed E-state index contributed by atoms with van der Waals surface area (Å²) in [6.07, 6.45) is 5.30. The molecule has 146 valence electrons. The summed E-state index contributed by atoms with van der Waals surface area (Å²) in [4.78, 5) is 35.9. The fraction of sp³-hybridized carbons (Fsp3) is 0.333. The second-order valence-corrected chi connectivity index (χ2v) is 7.92. The minimum Gasteiger partial charge on any atom is -0.326 e. The number of hydrogen-bond donors (Lipinski definition) is 1. The van der Waals surface area contributed by atoms with Crippen LogP contribution < -0.4 is 5.32 Å². The number of non-ortho nitro benzene ring substituents is 1. The van der Waals surface area contributed by atoms with E-state index >= 15 is 0 Å². The average molecular weight is 398 g/mol. The summed E-state index contributed by atoms with van der Waals surface area (Å²) in [6, 6.07) is 13.2. The molecule has 1 aliphatic rings. The zero-order valence-corrected chi connectivity index (χ0v) is 16.2. The van der Waals surface area contributed by atoms with Gasteiger partial charge in [0.25, 0.3) is 5.69 Å². The third-order valence-corrected chi connectivity index (χ3v) is 5.82. The Hall–Kier alpha value is -2.67. The van der Waals surface area contributed by atoms with Gasteiger partial charge in [-0.25, -0.2) is 0 Å². The fourth-order valence-electron chi connectivity index (χ4n) is 3.30. The molecule has 0 unspecified atom stereocenters. The normalized spacial score (nSPS) is 14.4. The maximum Gasteiger partial charge on any atom is 0.270 e. The van der Waals surface area contributed by atoms with E-state index in [-0.39, 0.29) is 29.0 Å². The van der Waals surface area contributed by atoms with E-state index in [1.54, 1.807) is 6.07 Å². The van der Waals surface area contributed by atoms with E-state index in [0.29, 0.717) is 5.56 Å². The summed E-state index contributed by atoms with van der Waals surface area (Å²) < 4.78 is 0. The minimum atomic E-state index is -0.512. The summed E-state index contributed by atoms with van der Waals surface area (Å²) in [5.74, 6) is 0.140. The Labute approximate surface area is 167 Å². The first-order valence-corrected chi connectivity index (χ1v) is 10.3. The molecule has 1 aliphatic carbocycles. The Morgan fingerprint density at radius 3 is 2.57 bits per heavy atom. The topological polar surface area (TPSA) is 89.3 Å². The molecule has 0 spiro atoms. The third-order valence-electron chi connectivity index (χ3n) is 4.83. The Bertz CT molecular complexity index is 878. The number of thioether (sulfide) groups is 1. The number of carbonyl (C=O) groups excluding carboxylic acids is 2. The minimum absolute atomic E-state index is 0.0644. The Morgan fingerprint density at radius 2 is 1.82 bits per heavy atom. The Kier molecular flexibility index (Phi) is 6.81. The first-order chi connectivity index (χ1) is 13.5. The first kappa shape index (κ1) is 20.1. The zero-order valence-electron chi connectivity index (χ0n) is 15.4. The van der Waals surface area contributed by atoms with Crippen LogP contribution >= 0.6 is 11.8 Å². The lowest BCUT2D eigenvalue weighted by Crippen LogP contribution is -2.24. The van der Waals surface area contributed by atoms with Crippen LogP contribution in [-0.2, 0) is 4.79 Å². The van der Waals surface area contributed by atoms with Gasteiger partial charge in [-0.1, -0.05) is 37.5 Å². The molecule has 1 fully saturated rings. The van der Waals surface area contributed by atoms with Gasteiger partial charge in [0.05, 0.1) is 10.7 Å². The maximum atomic E-state index is 12.4. The predicted molar refractivity (Wildman–Crippen MR) is 110 cm³/mol. The standard InChI is InChI=1S/C21H22N2O4S/c24-20(16-8-4-10-18(12-16)23(26)27)14-28-19-11-5-9-17(13-19)22-21(25)15-6-2-1-3-7-15/h4-5,8-13,15H,1-3,6-7,14H2,(H,22,25). The van der Waals surface area contributed by atoms with Gasteiger partial charge in [-0.3, -0.25) is 19.7 Å². The van der Waals surface area contributed by atoms with E-state index in [4.69, 9.17) is 0 Å². The van der Waals surface area contributed by atoms with Crippen LogP contribution in [0.5, 0.6) is 0 Å². The number of nitrogens with zero attached hydrogens (tertiary/aromatic N) is 1. The molecule has 7 heteroatoms. The van der Waals surface area contributed by atoms with Crippen LogP contribution in [0.3, 0.4) is 0 Å². The van der Waals surface area contributed by atoms with Gasteiger partial charge in [-0.05, 0) is 31.0 Å². The number of carbonyl (C=O) groups is 2. The summed E-state index contributed by atoms with van der Waals surface area (Å²) in [6.45, 7) is 0. The molecule has 0 aliphatic heterocycles. The van der Waals surface area contributed by atoms with E-state index < -0.39 is 4.92 Å². The predicted octanol–water partition coefficient (Wildman–Crippen LogP) is 5.09. The number of nitrogens with one attached hydrogen (secondary N) is 1. The summed E-state index contributed by atoms with van der Waals surface area (Å²) in [5.41, 5.74) is 0.954. The van der Waals surface area contributed by atoms with Crippen LogP contribution in [0, 0.1) is 16.0 Å². The van der Waals surface area contributed by atoms with Crippen molar-refractivity contribution in [1.82, 2.24) is 0 Å². The molecule has 0 aromatic heterocycles. The van der Waals surface area contributed by atoms with Crippen molar-refractivity contribution in [2.75, 3.05) is 11.1 Å². The van der Waals surface area contributed by atoms with Crippen LogP contribution in [0.15, 0.2) is 53.4 Å². The lowest BCUT2D eigenvalue weighted by molar-refractivity contribution is -0.384. The Balaban J connectivity index is 1.58. The van der Waals surface area contributed by atoms with Crippen LogP contribution in [0.1, 0.15) is 42.5 Å². The molecule has 2 aromatic carbocycles. The van der Waals surface area contributed by atoms with Crippen molar-refractivity contribution in [2.45, 2.75) is 37.0 Å². The smallest absolute Gasteiger partial charge is 0.270 e. The summed E-state index contributed by atoms with van der Waals surface area (Å²) in [7, 11) is 0. The number of nitro benzene ring substituents is 1. The van der Waals surface area contributed by atoms with Crippen molar-refractivity contribution in [2.24, 2.45) is 5.92 Å². The molecule has 0 saturated heterocycles. The molecule has 1 amide bonds. The highest BCUT2D eigenvalue weighted by atomic mass is 32.2. The van der Waals surface area contributed by atoms with E-state index in [9.17, 15) is 19.7 Å². The van der Waals surface area contributed by atoms with Crippen LogP contribution in [0.4, 0.5) is 11.4 Å². The number of amides is 1. The molecule has 1 saturated carbocycles. The average Bonchev–Trinajstić information content (AvgIpc) is 2.73. The van der Waals surface area contributed by atoms with Gasteiger partial charge in [0.15, 0.2) is 5.78 Å². The molecular formula is C21H22N2O4S. The van der Waals surface area contributed by atoms with Crippen molar-refractivity contribution >= 4 is 34.8 Å². The molecule has 0 heterocycles. The summed E-state index contributed by atoms with van der Waals surface area (Å²) >= 11 is 1.34. The highest BCUT2D eigenvalue weighted by Gasteiger charge is 2.21. The van der Waals surface area contributed by atoms with Gasteiger partial charge in [-0.2, -0.15) is 0 Å². The van der Waals surface area contributed by atoms with Gasteiger partial charge in [0.2, 0.25) is 5.91 Å². The van der Waals surface area contributed by atoms with Gasteiger partial charge < -0.3 is 5.32 Å². The Morgan fingerprint density at radius 1 is 1.07 bits per heavy atom. The van der Waals surface area contributed by atoms with Gasteiger partial charge in [0.1, 0.15) is 0 Å². The fourth-order valence-corrected chi connectivity index (χ4v) is 4.15. The van der Waals surface area contributed by atoms with Crippen LogP contribution in [-0.4, -0.2) is 22.4 Å². The van der Waals surface area contributed by atoms with Gasteiger partial charge in [0, 0.05) is 34.2 Å². The number of ketones is 1. The third kappa shape index (κ3) is 5.42. The quantitative estimate of drug-likeness (QED) is 0.304. The van der Waals surface area contributed by atoms with E-state index in [1.165, 1.54) is 36.4 Å². The lowest BCUT2D eigenvalue weighted by Gasteiger charge is -2.20. The zero-order chi connectivity index (χ0) is 19.9. The molecule has 0 bridgehead atoms. The molecule has 0 radical (unpaired) electrons.